The Hall–Kier alpha value is -5.43. The number of hydrogen-bond donors (Lipinski definition) is 0. The van der Waals surface area contributed by atoms with Crippen LogP contribution in [-0.2, 0) is 9.31 Å². The van der Waals surface area contributed by atoms with Crippen LogP contribution in [0.4, 0.5) is 0 Å². The van der Waals surface area contributed by atoms with Gasteiger partial charge in [0.25, 0.3) is 0 Å². The number of hydrogen-bond acceptors (Lipinski definition) is 5. The Labute approximate surface area is 287 Å². The fourth-order valence-corrected chi connectivity index (χ4v) is 6.37. The summed E-state index contributed by atoms with van der Waals surface area (Å²) in [4.78, 5) is 15.0. The van der Waals surface area contributed by atoms with Crippen molar-refractivity contribution < 1.29 is 9.31 Å². The molecule has 0 amide bonds. The second-order valence-electron chi connectivity index (χ2n) is 13.5. The standard InChI is InChI=1S/C43H36BN3O2/c1-42(2)43(3,4)49-44(48-42)38-27-26-35(36-20-11-12-21-37(36)38)33-18-13-19-34(28-33)41-46-39(31-16-9-6-10-17-31)45-40(47-41)32-24-22-30(23-25-32)29-14-7-5-8-15-29/h5-28H,1-4H3. The molecular weight excluding hydrogens is 601 g/mol. The summed E-state index contributed by atoms with van der Waals surface area (Å²) in [6.45, 7) is 8.35. The lowest BCUT2D eigenvalue weighted by atomic mass is 9.75. The summed E-state index contributed by atoms with van der Waals surface area (Å²) in [7, 11) is -0.447. The lowest BCUT2D eigenvalue weighted by Gasteiger charge is -2.32. The van der Waals surface area contributed by atoms with E-state index in [9.17, 15) is 0 Å². The molecule has 0 unspecified atom stereocenters. The predicted octanol–water partition coefficient (Wildman–Crippen LogP) is 9.66. The summed E-state index contributed by atoms with van der Waals surface area (Å²) in [5, 5.41) is 2.24. The van der Waals surface area contributed by atoms with Gasteiger partial charge in [0.15, 0.2) is 17.5 Å². The minimum absolute atomic E-state index is 0.419. The third kappa shape index (κ3) is 5.84. The van der Waals surface area contributed by atoms with Gasteiger partial charge in [-0.1, -0.05) is 140 Å². The maximum absolute atomic E-state index is 6.46. The van der Waals surface area contributed by atoms with Crippen LogP contribution in [0.3, 0.4) is 0 Å². The fraction of sp³-hybridized carbons (Fsp3) is 0.140. The van der Waals surface area contributed by atoms with Crippen molar-refractivity contribution in [3.8, 4) is 56.4 Å². The third-order valence-corrected chi connectivity index (χ3v) is 9.81. The van der Waals surface area contributed by atoms with E-state index in [0.29, 0.717) is 17.5 Å². The summed E-state index contributed by atoms with van der Waals surface area (Å²) in [6.07, 6.45) is 0. The van der Waals surface area contributed by atoms with E-state index in [2.05, 4.69) is 137 Å². The van der Waals surface area contributed by atoms with Crippen molar-refractivity contribution in [2.75, 3.05) is 0 Å². The van der Waals surface area contributed by atoms with Crippen LogP contribution < -0.4 is 5.46 Å². The molecule has 5 nitrogen and oxygen atoms in total. The van der Waals surface area contributed by atoms with Crippen LogP contribution in [0.15, 0.2) is 146 Å². The minimum atomic E-state index is -0.447. The second-order valence-corrected chi connectivity index (χ2v) is 13.5. The van der Waals surface area contributed by atoms with E-state index < -0.39 is 18.3 Å². The first kappa shape index (κ1) is 30.9. The fourth-order valence-electron chi connectivity index (χ4n) is 6.37. The minimum Gasteiger partial charge on any atom is -0.399 e. The third-order valence-electron chi connectivity index (χ3n) is 9.81. The molecule has 0 N–H and O–H groups in total. The molecule has 1 aliphatic rings. The van der Waals surface area contributed by atoms with Gasteiger partial charge in [-0.3, -0.25) is 0 Å². The van der Waals surface area contributed by atoms with Gasteiger partial charge in [0.05, 0.1) is 11.2 Å². The Balaban J connectivity index is 1.20. The molecule has 6 aromatic carbocycles. The Morgan fingerprint density at radius 3 is 1.49 bits per heavy atom. The van der Waals surface area contributed by atoms with Crippen molar-refractivity contribution in [3.05, 3.63) is 146 Å². The molecule has 1 aliphatic heterocycles. The SMILES string of the molecule is CC1(C)OB(c2ccc(-c3cccc(-c4nc(-c5ccccc5)nc(-c5ccc(-c6ccccc6)cc5)n4)c3)c3ccccc23)OC1(C)C. The Bertz CT molecular complexity index is 2270. The van der Waals surface area contributed by atoms with Crippen LogP contribution in [0.2, 0.25) is 0 Å². The average Bonchev–Trinajstić information content (AvgIpc) is 3.37. The van der Waals surface area contributed by atoms with Crippen LogP contribution in [0.25, 0.3) is 67.2 Å². The van der Waals surface area contributed by atoms with Crippen LogP contribution in [0, 0.1) is 0 Å². The van der Waals surface area contributed by atoms with E-state index in [-0.39, 0.29) is 0 Å². The molecule has 49 heavy (non-hydrogen) atoms. The van der Waals surface area contributed by atoms with Gasteiger partial charge in [-0.05, 0) is 72.3 Å². The maximum Gasteiger partial charge on any atom is 0.495 e. The van der Waals surface area contributed by atoms with Crippen molar-refractivity contribution in [1.82, 2.24) is 15.0 Å². The zero-order valence-electron chi connectivity index (χ0n) is 28.1. The molecule has 7 aromatic rings. The molecule has 0 bridgehead atoms. The maximum atomic E-state index is 6.46. The van der Waals surface area contributed by atoms with E-state index in [1.165, 1.54) is 5.56 Å². The highest BCUT2D eigenvalue weighted by molar-refractivity contribution is 6.65. The molecule has 1 aromatic heterocycles. The molecule has 238 valence electrons. The van der Waals surface area contributed by atoms with Gasteiger partial charge in [-0.2, -0.15) is 0 Å². The number of fused-ring (bicyclic) bond motifs is 1. The molecule has 8 rings (SSSR count). The van der Waals surface area contributed by atoms with Gasteiger partial charge in [-0.25, -0.2) is 15.0 Å². The Morgan fingerprint density at radius 1 is 0.408 bits per heavy atom. The first-order chi connectivity index (χ1) is 23.8. The predicted molar refractivity (Wildman–Crippen MR) is 200 cm³/mol. The van der Waals surface area contributed by atoms with E-state index >= 15 is 0 Å². The molecular formula is C43H36BN3O2. The molecule has 0 spiro atoms. The van der Waals surface area contributed by atoms with Gasteiger partial charge >= 0.3 is 7.12 Å². The van der Waals surface area contributed by atoms with Gasteiger partial charge in [0, 0.05) is 16.7 Å². The molecule has 6 heteroatoms. The molecule has 2 heterocycles. The van der Waals surface area contributed by atoms with E-state index in [0.717, 1.165) is 49.6 Å². The van der Waals surface area contributed by atoms with Crippen LogP contribution >= 0.6 is 0 Å². The van der Waals surface area contributed by atoms with Gasteiger partial charge in [0.2, 0.25) is 0 Å². The van der Waals surface area contributed by atoms with Crippen molar-refractivity contribution >= 4 is 23.4 Å². The number of nitrogens with zero attached hydrogens (tertiary/aromatic N) is 3. The van der Waals surface area contributed by atoms with Crippen LogP contribution in [0.5, 0.6) is 0 Å². The number of benzene rings is 6. The van der Waals surface area contributed by atoms with Gasteiger partial charge < -0.3 is 9.31 Å². The summed E-state index contributed by atoms with van der Waals surface area (Å²) >= 11 is 0. The Kier molecular flexibility index (Phi) is 7.71. The van der Waals surface area contributed by atoms with Crippen molar-refractivity contribution in [3.63, 3.8) is 0 Å². The summed E-state index contributed by atoms with van der Waals surface area (Å²) in [5.41, 5.74) is 7.48. The average molecular weight is 638 g/mol. The topological polar surface area (TPSA) is 57.1 Å². The number of rotatable bonds is 6. The van der Waals surface area contributed by atoms with Gasteiger partial charge in [-0.15, -0.1) is 0 Å². The van der Waals surface area contributed by atoms with Crippen molar-refractivity contribution in [2.45, 2.75) is 38.9 Å². The van der Waals surface area contributed by atoms with Crippen LogP contribution in [0.1, 0.15) is 27.7 Å². The highest BCUT2D eigenvalue weighted by Gasteiger charge is 2.52. The van der Waals surface area contributed by atoms with Crippen molar-refractivity contribution in [2.24, 2.45) is 0 Å². The molecule has 0 aliphatic carbocycles. The second kappa shape index (κ2) is 12.2. The highest BCUT2D eigenvalue weighted by atomic mass is 16.7. The van der Waals surface area contributed by atoms with Gasteiger partial charge in [0.1, 0.15) is 0 Å². The molecule has 1 saturated heterocycles. The number of aromatic nitrogens is 3. The van der Waals surface area contributed by atoms with E-state index in [1.807, 2.05) is 36.4 Å². The lowest BCUT2D eigenvalue weighted by molar-refractivity contribution is 0.00578. The first-order valence-corrected chi connectivity index (χ1v) is 16.7. The van der Waals surface area contributed by atoms with Crippen molar-refractivity contribution in [1.29, 1.82) is 0 Å². The summed E-state index contributed by atoms with van der Waals surface area (Å²) in [6, 6.07) is 50.1. The summed E-state index contributed by atoms with van der Waals surface area (Å²) < 4.78 is 12.9. The zero-order chi connectivity index (χ0) is 33.6. The molecule has 0 radical (unpaired) electrons. The van der Waals surface area contributed by atoms with E-state index in [4.69, 9.17) is 24.3 Å². The lowest BCUT2D eigenvalue weighted by Crippen LogP contribution is -2.41. The Morgan fingerprint density at radius 2 is 0.857 bits per heavy atom. The van der Waals surface area contributed by atoms with Crippen LogP contribution in [-0.4, -0.2) is 33.3 Å². The quantitative estimate of drug-likeness (QED) is 0.170. The largest absolute Gasteiger partial charge is 0.495 e. The zero-order valence-corrected chi connectivity index (χ0v) is 28.1. The molecule has 0 saturated carbocycles. The summed E-state index contributed by atoms with van der Waals surface area (Å²) in [5.74, 6) is 1.89. The smallest absolute Gasteiger partial charge is 0.399 e. The monoisotopic (exact) mass is 637 g/mol. The molecule has 1 fully saturated rings. The first-order valence-electron chi connectivity index (χ1n) is 16.7. The highest BCUT2D eigenvalue weighted by Crippen LogP contribution is 2.38. The molecule has 0 atom stereocenters. The normalized spacial score (nSPS) is 15.1. The van der Waals surface area contributed by atoms with E-state index in [1.54, 1.807) is 0 Å².